The van der Waals surface area contributed by atoms with Gasteiger partial charge < -0.3 is 10.2 Å². The Labute approximate surface area is 194 Å². The molecule has 1 aliphatic rings. The van der Waals surface area contributed by atoms with Crippen molar-refractivity contribution < 1.29 is 9.59 Å². The minimum Gasteiger partial charge on any atom is -0.337 e. The summed E-state index contributed by atoms with van der Waals surface area (Å²) in [6, 6.07) is 10.7. The van der Waals surface area contributed by atoms with Gasteiger partial charge in [-0.1, -0.05) is 35.3 Å². The molecule has 0 saturated carbocycles. The molecule has 0 bridgehead atoms. The van der Waals surface area contributed by atoms with Gasteiger partial charge in [-0.05, 0) is 44.0 Å². The van der Waals surface area contributed by atoms with E-state index in [9.17, 15) is 9.59 Å². The zero-order valence-electron chi connectivity index (χ0n) is 16.8. The lowest BCUT2D eigenvalue weighted by molar-refractivity contribution is -0.121. The molecular weight excluding hydrogens is 455 g/mol. The predicted octanol–water partition coefficient (Wildman–Crippen LogP) is 5.31. The molecule has 1 unspecified atom stereocenters. The highest BCUT2D eigenvalue weighted by Gasteiger charge is 2.31. The van der Waals surface area contributed by atoms with Crippen LogP contribution in [0.15, 0.2) is 42.6 Å². The third-order valence-corrected chi connectivity index (χ3v) is 6.77. The van der Waals surface area contributed by atoms with Crippen LogP contribution in [0.25, 0.3) is 10.6 Å². The number of pyridine rings is 1. The van der Waals surface area contributed by atoms with Crippen LogP contribution >= 0.6 is 34.5 Å². The predicted molar refractivity (Wildman–Crippen MR) is 124 cm³/mol. The molecule has 31 heavy (non-hydrogen) atoms. The minimum atomic E-state index is -0.296. The van der Waals surface area contributed by atoms with Gasteiger partial charge in [-0.2, -0.15) is 0 Å². The number of aryl methyl sites for hydroxylation is 1. The fourth-order valence-corrected chi connectivity index (χ4v) is 4.87. The maximum Gasteiger partial charge on any atom is 0.265 e. The summed E-state index contributed by atoms with van der Waals surface area (Å²) in [5.74, 6) is -0.0866. The van der Waals surface area contributed by atoms with Crippen LogP contribution in [0, 0.1) is 12.8 Å². The van der Waals surface area contributed by atoms with Crippen LogP contribution in [0.2, 0.25) is 10.0 Å². The number of rotatable bonds is 4. The van der Waals surface area contributed by atoms with Crippen molar-refractivity contribution >= 4 is 52.2 Å². The van der Waals surface area contributed by atoms with Crippen molar-refractivity contribution in [2.75, 3.05) is 18.4 Å². The molecule has 3 aromatic rings. The molecule has 1 atom stereocenters. The lowest BCUT2D eigenvalue weighted by Gasteiger charge is -2.31. The van der Waals surface area contributed by atoms with E-state index in [1.807, 2.05) is 25.1 Å². The van der Waals surface area contributed by atoms with Crippen LogP contribution in [0.3, 0.4) is 0 Å². The Morgan fingerprint density at radius 3 is 2.77 bits per heavy atom. The Bertz CT molecular complexity index is 1120. The third kappa shape index (κ3) is 5.06. The average molecular weight is 475 g/mol. The molecule has 0 aliphatic carbocycles. The Balaban J connectivity index is 1.46. The monoisotopic (exact) mass is 474 g/mol. The number of aromatic nitrogens is 2. The van der Waals surface area contributed by atoms with E-state index in [0.717, 1.165) is 23.4 Å². The van der Waals surface area contributed by atoms with Crippen LogP contribution in [-0.2, 0) is 4.79 Å². The van der Waals surface area contributed by atoms with Crippen molar-refractivity contribution in [3.05, 3.63) is 63.2 Å². The van der Waals surface area contributed by atoms with E-state index < -0.39 is 0 Å². The van der Waals surface area contributed by atoms with Crippen molar-refractivity contribution in [3.8, 4) is 10.6 Å². The summed E-state index contributed by atoms with van der Waals surface area (Å²) in [6.45, 7) is 2.81. The summed E-state index contributed by atoms with van der Waals surface area (Å²) in [5.41, 5.74) is 1.56. The fourth-order valence-electron chi connectivity index (χ4n) is 3.54. The van der Waals surface area contributed by atoms with Crippen molar-refractivity contribution in [2.24, 2.45) is 5.92 Å². The number of nitrogens with zero attached hydrogens (tertiary/aromatic N) is 3. The number of hydrogen-bond acceptors (Lipinski definition) is 5. The first-order chi connectivity index (χ1) is 14.9. The van der Waals surface area contributed by atoms with Gasteiger partial charge >= 0.3 is 0 Å². The maximum absolute atomic E-state index is 13.2. The molecule has 1 fully saturated rings. The maximum atomic E-state index is 13.2. The van der Waals surface area contributed by atoms with E-state index in [0.29, 0.717) is 39.5 Å². The molecule has 1 N–H and O–H groups in total. The second-order valence-electron chi connectivity index (χ2n) is 7.39. The van der Waals surface area contributed by atoms with Gasteiger partial charge in [0.25, 0.3) is 5.91 Å². The topological polar surface area (TPSA) is 75.2 Å². The zero-order chi connectivity index (χ0) is 22.0. The van der Waals surface area contributed by atoms with E-state index in [2.05, 4.69) is 15.3 Å². The van der Waals surface area contributed by atoms with E-state index in [-0.39, 0.29) is 17.7 Å². The molecule has 6 nitrogen and oxygen atoms in total. The van der Waals surface area contributed by atoms with Crippen LogP contribution in [0.4, 0.5) is 5.82 Å². The van der Waals surface area contributed by atoms with Gasteiger partial charge in [-0.3, -0.25) is 9.59 Å². The largest absolute Gasteiger partial charge is 0.337 e. The normalized spacial score (nSPS) is 16.2. The first-order valence-electron chi connectivity index (χ1n) is 9.86. The number of carbonyl (C=O) groups excluding carboxylic acids is 2. The van der Waals surface area contributed by atoms with E-state index in [1.54, 1.807) is 23.1 Å². The molecule has 3 heterocycles. The van der Waals surface area contributed by atoms with Gasteiger partial charge in [0.15, 0.2) is 0 Å². The summed E-state index contributed by atoms with van der Waals surface area (Å²) < 4.78 is 0. The molecule has 1 aliphatic heterocycles. The van der Waals surface area contributed by atoms with Crippen molar-refractivity contribution in [2.45, 2.75) is 19.8 Å². The number of thiazole rings is 1. The molecule has 0 radical (unpaired) electrons. The average Bonchev–Trinajstić information content (AvgIpc) is 3.16. The highest BCUT2D eigenvalue weighted by atomic mass is 35.5. The highest BCUT2D eigenvalue weighted by Crippen LogP contribution is 2.31. The number of carbonyl (C=O) groups is 2. The Hall–Kier alpha value is -2.48. The van der Waals surface area contributed by atoms with Crippen molar-refractivity contribution in [3.63, 3.8) is 0 Å². The standard InChI is InChI=1S/C22H20Cl2N4O2S/c1-13-19(31-21(26-13)14-4-2-6-16(23)10-14)22(30)28-9-3-5-15(12-28)20(29)27-18-8-7-17(24)11-25-18/h2,4,6-8,10-11,15H,3,5,9,12H2,1H3,(H,25,27,29). The van der Waals surface area contributed by atoms with Gasteiger partial charge in [0.2, 0.25) is 5.91 Å². The molecule has 9 heteroatoms. The molecule has 4 rings (SSSR count). The van der Waals surface area contributed by atoms with E-state index >= 15 is 0 Å². The number of amides is 2. The van der Waals surface area contributed by atoms with Crippen LogP contribution in [-0.4, -0.2) is 39.8 Å². The number of hydrogen-bond donors (Lipinski definition) is 1. The molecule has 1 saturated heterocycles. The molecule has 1 aromatic carbocycles. The summed E-state index contributed by atoms with van der Waals surface area (Å²) in [6.07, 6.45) is 2.97. The number of piperidine rings is 1. The van der Waals surface area contributed by atoms with Crippen molar-refractivity contribution in [1.29, 1.82) is 0 Å². The lowest BCUT2D eigenvalue weighted by Crippen LogP contribution is -2.43. The number of likely N-dealkylation sites (tertiary alicyclic amines) is 1. The fraction of sp³-hybridized carbons (Fsp3) is 0.273. The van der Waals surface area contributed by atoms with Gasteiger partial charge in [0.05, 0.1) is 16.6 Å². The molecule has 2 amide bonds. The lowest BCUT2D eigenvalue weighted by atomic mass is 9.97. The molecule has 2 aromatic heterocycles. The molecular formula is C22H20Cl2N4O2S. The van der Waals surface area contributed by atoms with E-state index in [4.69, 9.17) is 23.2 Å². The van der Waals surface area contributed by atoms with Gasteiger partial charge in [-0.15, -0.1) is 11.3 Å². The zero-order valence-corrected chi connectivity index (χ0v) is 19.1. The van der Waals surface area contributed by atoms with Crippen LogP contribution < -0.4 is 5.32 Å². The minimum absolute atomic E-state index is 0.0922. The summed E-state index contributed by atoms with van der Waals surface area (Å²) in [5, 5.41) is 4.69. The quantitative estimate of drug-likeness (QED) is 0.555. The second kappa shape index (κ2) is 9.34. The number of nitrogens with one attached hydrogen (secondary N) is 1. The first-order valence-corrected chi connectivity index (χ1v) is 11.4. The van der Waals surface area contributed by atoms with E-state index in [1.165, 1.54) is 17.5 Å². The van der Waals surface area contributed by atoms with Gasteiger partial charge in [0.1, 0.15) is 15.7 Å². The van der Waals surface area contributed by atoms with Crippen molar-refractivity contribution in [1.82, 2.24) is 14.9 Å². The summed E-state index contributed by atoms with van der Waals surface area (Å²) in [4.78, 5) is 36.9. The smallest absolute Gasteiger partial charge is 0.265 e. The Kier molecular flexibility index (Phi) is 6.55. The molecule has 160 valence electrons. The first kappa shape index (κ1) is 21.7. The number of benzene rings is 1. The number of halogens is 2. The summed E-state index contributed by atoms with van der Waals surface area (Å²) in [7, 11) is 0. The van der Waals surface area contributed by atoms with Crippen LogP contribution in [0.1, 0.15) is 28.2 Å². The molecule has 0 spiro atoms. The third-order valence-electron chi connectivity index (χ3n) is 5.12. The Morgan fingerprint density at radius 1 is 1.19 bits per heavy atom. The van der Waals surface area contributed by atoms with Gasteiger partial charge in [-0.25, -0.2) is 9.97 Å². The SMILES string of the molecule is Cc1nc(-c2cccc(Cl)c2)sc1C(=O)N1CCCC(C(=O)Nc2ccc(Cl)cn2)C1. The highest BCUT2D eigenvalue weighted by molar-refractivity contribution is 7.17. The second-order valence-corrected chi connectivity index (χ2v) is 9.26. The summed E-state index contributed by atoms with van der Waals surface area (Å²) >= 11 is 13.3. The van der Waals surface area contributed by atoms with Gasteiger partial charge in [0, 0.05) is 29.9 Å². The number of anilines is 1. The van der Waals surface area contributed by atoms with Crippen LogP contribution in [0.5, 0.6) is 0 Å². The Morgan fingerprint density at radius 2 is 2.03 bits per heavy atom.